The molecule has 0 fully saturated rings. The van der Waals surface area contributed by atoms with E-state index in [2.05, 4.69) is 10.1 Å². The van der Waals surface area contributed by atoms with Crippen LogP contribution in [0.15, 0.2) is 9.59 Å². The number of rotatable bonds is 1. The highest BCUT2D eigenvalue weighted by molar-refractivity contribution is 5.43. The van der Waals surface area contributed by atoms with Crippen molar-refractivity contribution >= 4 is 0 Å². The number of aryl methyl sites for hydroxylation is 2. The molecule has 2 rings (SSSR count). The Balaban J connectivity index is 3.09. The zero-order chi connectivity index (χ0) is 12.7. The summed E-state index contributed by atoms with van der Waals surface area (Å²) in [5, 5.41) is 4.09. The van der Waals surface area contributed by atoms with Gasteiger partial charge in [0.25, 0.3) is 5.69 Å². The van der Waals surface area contributed by atoms with Crippen molar-refractivity contribution in [1.29, 1.82) is 0 Å². The zero-order valence-corrected chi connectivity index (χ0v) is 9.96. The van der Waals surface area contributed by atoms with Crippen LogP contribution in [-0.4, -0.2) is 26.4 Å². The molecule has 0 aromatic carbocycles. The van der Waals surface area contributed by atoms with E-state index < -0.39 is 11.2 Å². The van der Waals surface area contributed by atoms with Gasteiger partial charge in [-0.15, -0.1) is 0 Å². The molecule has 0 spiro atoms. The summed E-state index contributed by atoms with van der Waals surface area (Å²) >= 11 is 0. The van der Waals surface area contributed by atoms with Crippen molar-refractivity contribution in [2.75, 3.05) is 7.11 Å². The third-order valence-electron chi connectivity index (χ3n) is 2.49. The molecule has 0 saturated carbocycles. The Bertz CT molecular complexity index is 672. The van der Waals surface area contributed by atoms with Gasteiger partial charge < -0.3 is 4.84 Å². The third-order valence-corrected chi connectivity index (χ3v) is 2.49. The van der Waals surface area contributed by atoms with E-state index in [4.69, 9.17) is 4.84 Å². The molecule has 0 radical (unpaired) electrons. The van der Waals surface area contributed by atoms with Gasteiger partial charge in [-0.3, -0.25) is 9.36 Å². The Morgan fingerprint density at radius 2 is 1.94 bits per heavy atom. The first kappa shape index (κ1) is 11.2. The summed E-state index contributed by atoms with van der Waals surface area (Å²) in [4.78, 5) is 32.3. The molecule has 0 amide bonds. The zero-order valence-electron chi connectivity index (χ0n) is 9.96. The minimum atomic E-state index is -0.619. The van der Waals surface area contributed by atoms with Gasteiger partial charge in [-0.2, -0.15) is 9.67 Å². The first-order valence-electron chi connectivity index (χ1n) is 4.88. The molecule has 0 unspecified atom stereocenters. The highest BCUT2D eigenvalue weighted by atomic mass is 16.6. The summed E-state index contributed by atoms with van der Waals surface area (Å²) in [6.07, 6.45) is 0. The van der Waals surface area contributed by atoms with Crippen LogP contribution < -0.4 is 20.8 Å². The molecule has 17 heavy (non-hydrogen) atoms. The van der Waals surface area contributed by atoms with Crippen LogP contribution >= 0.6 is 0 Å². The lowest BCUT2D eigenvalue weighted by Gasteiger charge is -2.08. The molecular formula is C9H12N5O3+. The van der Waals surface area contributed by atoms with Crippen molar-refractivity contribution < 1.29 is 9.57 Å². The molecule has 0 aromatic rings. The number of fused-ring (bicyclic) bond motifs is 1. The van der Waals surface area contributed by atoms with E-state index in [1.807, 2.05) is 0 Å². The fraction of sp³-hybridized carbons (Fsp3) is 0.444. The molecule has 2 aliphatic rings. The molecule has 0 aliphatic carbocycles. The Kier molecular flexibility index (Phi) is 2.41. The fourth-order valence-electron chi connectivity index (χ4n) is 1.65. The van der Waals surface area contributed by atoms with Gasteiger partial charge in [0.05, 0.1) is 12.1 Å². The minimum absolute atomic E-state index is 0.185. The van der Waals surface area contributed by atoms with Crippen LogP contribution in [0.2, 0.25) is 0 Å². The average Bonchev–Trinajstić information content (AvgIpc) is 2.28. The summed E-state index contributed by atoms with van der Waals surface area (Å²) in [6, 6.07) is 0. The summed E-state index contributed by atoms with van der Waals surface area (Å²) < 4.78 is 3.56. The van der Waals surface area contributed by atoms with Gasteiger partial charge in [0.2, 0.25) is 5.82 Å². The van der Waals surface area contributed by atoms with Crippen molar-refractivity contribution in [3.8, 4) is 11.5 Å². The van der Waals surface area contributed by atoms with E-state index in [9.17, 15) is 9.59 Å². The first-order valence-corrected chi connectivity index (χ1v) is 4.88. The highest BCUT2D eigenvalue weighted by Crippen LogP contribution is 2.04. The van der Waals surface area contributed by atoms with E-state index in [0.717, 1.165) is 4.57 Å². The maximum atomic E-state index is 12.0. The number of hydrogen-bond donors (Lipinski definition) is 0. The van der Waals surface area contributed by atoms with E-state index in [-0.39, 0.29) is 11.5 Å². The van der Waals surface area contributed by atoms with E-state index in [0.29, 0.717) is 5.82 Å². The molecule has 8 nitrogen and oxygen atoms in total. The van der Waals surface area contributed by atoms with Gasteiger partial charge in [0, 0.05) is 14.0 Å². The second-order valence-corrected chi connectivity index (χ2v) is 3.58. The van der Waals surface area contributed by atoms with Crippen LogP contribution in [0.25, 0.3) is 11.5 Å². The summed E-state index contributed by atoms with van der Waals surface area (Å²) in [7, 11) is 4.40. The fourth-order valence-corrected chi connectivity index (χ4v) is 1.65. The Labute approximate surface area is 96.0 Å². The van der Waals surface area contributed by atoms with Crippen LogP contribution in [-0.2, 0) is 14.1 Å². The standard InChI is InChI=1S/C9H12N5O3/c1-5-11-13(3)7-6(14(5)17-4)8(15)12(2)9(16)10-7/h1-4H3/q+1. The SMILES string of the molecule is CO[n+]1c(C)nn(C)c2nc(=O)n(C)c(=O)c1-2. The molecule has 0 saturated heterocycles. The Morgan fingerprint density at radius 1 is 1.29 bits per heavy atom. The minimum Gasteiger partial charge on any atom is -0.338 e. The maximum Gasteiger partial charge on any atom is 0.360 e. The molecule has 90 valence electrons. The Hall–Kier alpha value is -2.25. The largest absolute Gasteiger partial charge is 0.360 e. The van der Waals surface area contributed by atoms with Gasteiger partial charge in [0.1, 0.15) is 7.11 Å². The number of nitrogens with zero attached hydrogens (tertiary/aromatic N) is 5. The normalized spacial score (nSPS) is 10.8. The summed E-state index contributed by atoms with van der Waals surface area (Å²) in [5.74, 6) is 0.672. The lowest BCUT2D eigenvalue weighted by atomic mass is 10.4. The van der Waals surface area contributed by atoms with Gasteiger partial charge in [-0.25, -0.2) is 4.79 Å². The second kappa shape index (κ2) is 3.65. The van der Waals surface area contributed by atoms with Crippen LogP contribution in [0, 0.1) is 6.92 Å². The second-order valence-electron chi connectivity index (χ2n) is 3.58. The molecule has 0 atom stereocenters. The number of hydrogen-bond acceptors (Lipinski definition) is 5. The van der Waals surface area contributed by atoms with E-state index in [1.54, 1.807) is 14.0 Å². The van der Waals surface area contributed by atoms with Crippen LogP contribution in [0.4, 0.5) is 0 Å². The molecule has 0 bridgehead atoms. The molecule has 8 heteroatoms. The van der Waals surface area contributed by atoms with Crippen LogP contribution in [0.1, 0.15) is 5.82 Å². The molecule has 2 aliphatic heterocycles. The predicted octanol–water partition coefficient (Wildman–Crippen LogP) is -2.37. The number of aromatic nitrogens is 5. The Morgan fingerprint density at radius 3 is 2.53 bits per heavy atom. The summed E-state index contributed by atoms with van der Waals surface area (Å²) in [6.45, 7) is 1.69. The lowest BCUT2D eigenvalue weighted by Crippen LogP contribution is -2.54. The van der Waals surface area contributed by atoms with E-state index >= 15 is 0 Å². The van der Waals surface area contributed by atoms with Crippen molar-refractivity contribution in [3.63, 3.8) is 0 Å². The average molecular weight is 238 g/mol. The van der Waals surface area contributed by atoms with Crippen molar-refractivity contribution in [3.05, 3.63) is 26.7 Å². The maximum absolute atomic E-state index is 12.0. The molecular weight excluding hydrogens is 226 g/mol. The van der Waals surface area contributed by atoms with Crippen LogP contribution in [0.3, 0.4) is 0 Å². The first-order chi connectivity index (χ1) is 7.97. The molecule has 0 N–H and O–H groups in total. The lowest BCUT2D eigenvalue weighted by molar-refractivity contribution is -0.884. The predicted molar refractivity (Wildman–Crippen MR) is 56.6 cm³/mol. The van der Waals surface area contributed by atoms with Gasteiger partial charge in [0.15, 0.2) is 0 Å². The van der Waals surface area contributed by atoms with Crippen molar-refractivity contribution in [1.82, 2.24) is 19.3 Å². The van der Waals surface area contributed by atoms with Crippen LogP contribution in [0.5, 0.6) is 0 Å². The van der Waals surface area contributed by atoms with Gasteiger partial charge in [-0.1, -0.05) is 0 Å². The smallest absolute Gasteiger partial charge is 0.338 e. The van der Waals surface area contributed by atoms with Crippen molar-refractivity contribution in [2.45, 2.75) is 6.92 Å². The summed E-state index contributed by atoms with van der Waals surface area (Å²) in [5.41, 5.74) is -0.904. The third kappa shape index (κ3) is 1.49. The molecule has 2 heterocycles. The topological polar surface area (TPSA) is 82.9 Å². The molecule has 0 aromatic heterocycles. The van der Waals surface area contributed by atoms with Crippen molar-refractivity contribution in [2.24, 2.45) is 14.1 Å². The monoisotopic (exact) mass is 238 g/mol. The van der Waals surface area contributed by atoms with Gasteiger partial charge in [-0.05, 0) is 4.73 Å². The highest BCUT2D eigenvalue weighted by Gasteiger charge is 2.29. The quantitative estimate of drug-likeness (QED) is 0.519. The van der Waals surface area contributed by atoms with E-state index in [1.165, 1.54) is 23.6 Å². The van der Waals surface area contributed by atoms with Gasteiger partial charge >= 0.3 is 17.1 Å².